The van der Waals surface area contributed by atoms with Crippen LogP contribution in [-0.2, 0) is 4.79 Å². The molecule has 0 fully saturated rings. The zero-order valence-electron chi connectivity index (χ0n) is 17.9. The second kappa shape index (κ2) is 11.1. The number of methoxy groups -OCH3 is 1. The highest BCUT2D eigenvalue weighted by atomic mass is 35.5. The minimum absolute atomic E-state index is 0.0639. The summed E-state index contributed by atoms with van der Waals surface area (Å²) in [5, 5.41) is 6.60. The van der Waals surface area contributed by atoms with Crippen LogP contribution in [-0.4, -0.2) is 31.7 Å². The van der Waals surface area contributed by atoms with E-state index in [1.807, 2.05) is 6.92 Å². The summed E-state index contributed by atoms with van der Waals surface area (Å²) < 4.78 is 24.2. The number of carbonyl (C=O) groups is 2. The molecule has 0 unspecified atom stereocenters. The van der Waals surface area contributed by atoms with Crippen LogP contribution >= 0.6 is 11.6 Å². The van der Waals surface area contributed by atoms with Crippen molar-refractivity contribution in [3.8, 4) is 11.5 Å². The third-order valence-electron chi connectivity index (χ3n) is 4.44. The Morgan fingerprint density at radius 2 is 1.88 bits per heavy atom. The summed E-state index contributed by atoms with van der Waals surface area (Å²) in [6, 6.07) is 15.8. The van der Waals surface area contributed by atoms with Gasteiger partial charge in [-0.15, -0.1) is 0 Å². The number of hydrogen-bond acceptors (Lipinski definition) is 5. The van der Waals surface area contributed by atoms with Crippen molar-refractivity contribution in [3.63, 3.8) is 0 Å². The highest BCUT2D eigenvalue weighted by Gasteiger charge is 2.12. The van der Waals surface area contributed by atoms with E-state index in [1.165, 1.54) is 31.5 Å². The van der Waals surface area contributed by atoms with E-state index in [4.69, 9.17) is 21.1 Å². The van der Waals surface area contributed by atoms with Gasteiger partial charge < -0.3 is 14.8 Å². The number of carbonyl (C=O) groups excluding carboxylic acids is 2. The number of aryl methyl sites for hydroxylation is 1. The maximum atomic E-state index is 13.6. The van der Waals surface area contributed by atoms with E-state index in [1.54, 1.807) is 42.5 Å². The summed E-state index contributed by atoms with van der Waals surface area (Å²) in [5.41, 5.74) is 4.42. The fraction of sp³-hybridized carbons (Fsp3) is 0.125. The third-order valence-corrected chi connectivity index (χ3v) is 4.74. The number of halogens is 2. The van der Waals surface area contributed by atoms with Crippen molar-refractivity contribution in [2.45, 2.75) is 6.92 Å². The number of hydrazone groups is 1. The second-order valence-corrected chi connectivity index (χ2v) is 7.32. The first kappa shape index (κ1) is 23.7. The zero-order chi connectivity index (χ0) is 23.8. The molecule has 3 rings (SSSR count). The molecule has 3 aromatic carbocycles. The van der Waals surface area contributed by atoms with E-state index in [9.17, 15) is 14.0 Å². The Balaban J connectivity index is 1.56. The van der Waals surface area contributed by atoms with Crippen molar-refractivity contribution in [1.82, 2.24) is 5.43 Å². The molecular formula is C24H21ClFN3O4. The van der Waals surface area contributed by atoms with E-state index in [0.29, 0.717) is 16.9 Å². The number of amides is 2. The van der Waals surface area contributed by atoms with Gasteiger partial charge in [-0.2, -0.15) is 5.10 Å². The highest BCUT2D eigenvalue weighted by molar-refractivity contribution is 6.32. The molecule has 0 aliphatic carbocycles. The minimum atomic E-state index is -0.541. The normalized spacial score (nSPS) is 10.7. The fourth-order valence-electron chi connectivity index (χ4n) is 2.82. The van der Waals surface area contributed by atoms with Gasteiger partial charge in [0.05, 0.1) is 29.6 Å². The number of hydrogen-bond donors (Lipinski definition) is 2. The van der Waals surface area contributed by atoms with Crippen molar-refractivity contribution in [1.29, 1.82) is 0 Å². The van der Waals surface area contributed by atoms with Crippen LogP contribution in [0.1, 0.15) is 21.5 Å². The van der Waals surface area contributed by atoms with Crippen LogP contribution in [0.15, 0.2) is 65.8 Å². The predicted molar refractivity (Wildman–Crippen MR) is 125 cm³/mol. The van der Waals surface area contributed by atoms with Crippen molar-refractivity contribution in [3.05, 3.63) is 88.2 Å². The topological polar surface area (TPSA) is 89.0 Å². The first-order valence-electron chi connectivity index (χ1n) is 9.82. The van der Waals surface area contributed by atoms with Gasteiger partial charge in [0.15, 0.2) is 6.61 Å². The molecular weight excluding hydrogens is 449 g/mol. The van der Waals surface area contributed by atoms with Crippen LogP contribution in [0.4, 0.5) is 10.1 Å². The lowest BCUT2D eigenvalue weighted by Crippen LogP contribution is -2.20. The standard InChI is InChI=1S/C24H21ClFN3O4/c1-15-7-9-17(22(11-15)32-2)24(31)29-27-13-16-8-10-21(18(25)12-16)33-14-23(30)28-20-6-4-3-5-19(20)26/h3-13H,14H2,1-2H3,(H,28,30)(H,29,31). The summed E-state index contributed by atoms with van der Waals surface area (Å²) in [7, 11) is 1.49. The fourth-order valence-corrected chi connectivity index (χ4v) is 3.06. The lowest BCUT2D eigenvalue weighted by Gasteiger charge is -2.10. The monoisotopic (exact) mass is 469 g/mol. The summed E-state index contributed by atoms with van der Waals surface area (Å²) in [4.78, 5) is 24.3. The number of para-hydroxylation sites is 1. The third kappa shape index (κ3) is 6.54. The van der Waals surface area contributed by atoms with Crippen LogP contribution in [0.3, 0.4) is 0 Å². The molecule has 0 aliphatic rings. The number of ether oxygens (including phenoxy) is 2. The van der Waals surface area contributed by atoms with Crippen LogP contribution in [0, 0.1) is 12.7 Å². The molecule has 7 nitrogen and oxygen atoms in total. The van der Waals surface area contributed by atoms with Crippen LogP contribution in [0.2, 0.25) is 5.02 Å². The molecule has 0 saturated carbocycles. The number of nitrogens with one attached hydrogen (secondary N) is 2. The van der Waals surface area contributed by atoms with Gasteiger partial charge in [-0.1, -0.05) is 29.8 Å². The Kier molecular flexibility index (Phi) is 7.99. The zero-order valence-corrected chi connectivity index (χ0v) is 18.7. The molecule has 33 heavy (non-hydrogen) atoms. The van der Waals surface area contributed by atoms with E-state index in [-0.39, 0.29) is 23.1 Å². The first-order valence-corrected chi connectivity index (χ1v) is 10.2. The Morgan fingerprint density at radius 1 is 1.09 bits per heavy atom. The molecule has 0 atom stereocenters. The molecule has 0 saturated heterocycles. The summed E-state index contributed by atoms with van der Waals surface area (Å²) >= 11 is 6.21. The van der Waals surface area contributed by atoms with E-state index in [2.05, 4.69) is 15.8 Å². The Morgan fingerprint density at radius 3 is 2.61 bits per heavy atom. The molecule has 2 N–H and O–H groups in total. The summed E-state index contributed by atoms with van der Waals surface area (Å²) in [6.07, 6.45) is 1.42. The van der Waals surface area contributed by atoms with Gasteiger partial charge in [0, 0.05) is 0 Å². The Hall–Kier alpha value is -3.91. The van der Waals surface area contributed by atoms with Crippen molar-refractivity contribution >= 4 is 35.3 Å². The maximum Gasteiger partial charge on any atom is 0.275 e. The predicted octanol–water partition coefficient (Wildman–Crippen LogP) is 4.58. The summed E-state index contributed by atoms with van der Waals surface area (Å²) in [6.45, 7) is 1.55. The van der Waals surface area contributed by atoms with Gasteiger partial charge in [0.1, 0.15) is 17.3 Å². The van der Waals surface area contributed by atoms with Gasteiger partial charge in [0.25, 0.3) is 11.8 Å². The number of benzene rings is 3. The number of anilines is 1. The molecule has 0 radical (unpaired) electrons. The van der Waals surface area contributed by atoms with Crippen molar-refractivity contribution in [2.75, 3.05) is 19.0 Å². The summed E-state index contributed by atoms with van der Waals surface area (Å²) in [5.74, 6) is -0.774. The molecule has 0 aliphatic heterocycles. The van der Waals surface area contributed by atoms with E-state index >= 15 is 0 Å². The van der Waals surface area contributed by atoms with Gasteiger partial charge in [0.2, 0.25) is 0 Å². The number of nitrogens with zero attached hydrogens (tertiary/aromatic N) is 1. The van der Waals surface area contributed by atoms with Gasteiger partial charge >= 0.3 is 0 Å². The maximum absolute atomic E-state index is 13.6. The van der Waals surface area contributed by atoms with Crippen LogP contribution in [0.5, 0.6) is 11.5 Å². The SMILES string of the molecule is COc1cc(C)ccc1C(=O)NN=Cc1ccc(OCC(=O)Nc2ccccc2F)c(Cl)c1. The van der Waals surface area contributed by atoms with Gasteiger partial charge in [-0.3, -0.25) is 9.59 Å². The van der Waals surface area contributed by atoms with Crippen LogP contribution in [0.25, 0.3) is 0 Å². The van der Waals surface area contributed by atoms with Crippen LogP contribution < -0.4 is 20.2 Å². The smallest absolute Gasteiger partial charge is 0.275 e. The van der Waals surface area contributed by atoms with Gasteiger partial charge in [-0.25, -0.2) is 9.82 Å². The largest absolute Gasteiger partial charge is 0.496 e. The molecule has 170 valence electrons. The second-order valence-electron chi connectivity index (χ2n) is 6.91. The molecule has 2 amide bonds. The molecule has 0 heterocycles. The number of rotatable bonds is 8. The average molecular weight is 470 g/mol. The highest BCUT2D eigenvalue weighted by Crippen LogP contribution is 2.25. The molecule has 0 bridgehead atoms. The van der Waals surface area contributed by atoms with Gasteiger partial charge in [-0.05, 0) is 60.5 Å². The van der Waals surface area contributed by atoms with E-state index < -0.39 is 17.6 Å². The Labute approximate surface area is 195 Å². The molecule has 0 aromatic heterocycles. The lowest BCUT2D eigenvalue weighted by molar-refractivity contribution is -0.118. The molecule has 0 spiro atoms. The minimum Gasteiger partial charge on any atom is -0.496 e. The van der Waals surface area contributed by atoms with Crippen molar-refractivity contribution in [2.24, 2.45) is 5.10 Å². The molecule has 3 aromatic rings. The average Bonchev–Trinajstić information content (AvgIpc) is 2.79. The van der Waals surface area contributed by atoms with Crippen molar-refractivity contribution < 1.29 is 23.5 Å². The molecule has 9 heteroatoms. The van der Waals surface area contributed by atoms with E-state index in [0.717, 1.165) is 5.56 Å². The quantitative estimate of drug-likeness (QED) is 0.373. The Bertz CT molecular complexity index is 1200. The lowest BCUT2D eigenvalue weighted by atomic mass is 10.1. The first-order chi connectivity index (χ1) is 15.9.